The van der Waals surface area contributed by atoms with Crippen LogP contribution in [0.3, 0.4) is 0 Å². The van der Waals surface area contributed by atoms with Crippen LogP contribution in [-0.2, 0) is 9.53 Å². The van der Waals surface area contributed by atoms with E-state index in [2.05, 4.69) is 15.3 Å². The van der Waals surface area contributed by atoms with Gasteiger partial charge in [0.25, 0.3) is 0 Å². The highest BCUT2D eigenvalue weighted by atomic mass is 35.5. The van der Waals surface area contributed by atoms with E-state index in [-0.39, 0.29) is 23.3 Å². The Bertz CT molecular complexity index is 604. The summed E-state index contributed by atoms with van der Waals surface area (Å²) < 4.78 is 5.26. The van der Waals surface area contributed by atoms with Crippen LogP contribution in [0.1, 0.15) is 19.8 Å². The summed E-state index contributed by atoms with van der Waals surface area (Å²) in [7, 11) is 0. The van der Waals surface area contributed by atoms with Crippen LogP contribution >= 0.6 is 11.6 Å². The van der Waals surface area contributed by atoms with Gasteiger partial charge in [-0.15, -0.1) is 0 Å². The Balaban J connectivity index is 2.01. The van der Waals surface area contributed by atoms with E-state index in [1.807, 2.05) is 31.2 Å². The lowest BCUT2D eigenvalue weighted by atomic mass is 10.3. The van der Waals surface area contributed by atoms with E-state index in [1.54, 1.807) is 0 Å². The average Bonchev–Trinajstić information content (AvgIpc) is 2.44. The van der Waals surface area contributed by atoms with Crippen LogP contribution < -0.4 is 5.32 Å². The maximum absolute atomic E-state index is 11.7. The van der Waals surface area contributed by atoms with E-state index >= 15 is 0 Å². The minimum atomic E-state index is -0.187. The van der Waals surface area contributed by atoms with Crippen LogP contribution in [0.4, 0.5) is 5.82 Å². The summed E-state index contributed by atoms with van der Waals surface area (Å²) >= 11 is 6.01. The number of carbonyl (C=O) groups excluding carboxylic acids is 1. The number of hydrogen-bond acceptors (Lipinski definition) is 4. The fourth-order valence-corrected chi connectivity index (χ4v) is 1.84. The number of amides is 1. The van der Waals surface area contributed by atoms with Crippen molar-refractivity contribution in [3.05, 3.63) is 29.4 Å². The molecule has 106 valence electrons. The molecule has 1 aromatic heterocycles. The van der Waals surface area contributed by atoms with Crippen molar-refractivity contribution >= 4 is 34.4 Å². The van der Waals surface area contributed by atoms with E-state index < -0.39 is 0 Å². The Morgan fingerprint density at radius 1 is 1.25 bits per heavy atom. The molecule has 0 fully saturated rings. The molecule has 0 atom stereocenters. The van der Waals surface area contributed by atoms with Crippen molar-refractivity contribution in [1.29, 1.82) is 0 Å². The SMILES string of the molecule is CCCOCCC(=O)Nc1nc2ccccc2nc1Cl. The van der Waals surface area contributed by atoms with Crippen LogP contribution in [0, 0.1) is 0 Å². The molecule has 0 bridgehead atoms. The monoisotopic (exact) mass is 293 g/mol. The summed E-state index contributed by atoms with van der Waals surface area (Å²) in [6.45, 7) is 3.06. The van der Waals surface area contributed by atoms with Crippen LogP contribution in [0.2, 0.25) is 5.15 Å². The molecule has 1 aromatic carbocycles. The molecule has 6 heteroatoms. The molecule has 0 saturated carbocycles. The normalized spacial score (nSPS) is 10.7. The van der Waals surface area contributed by atoms with Crippen LogP contribution in [-0.4, -0.2) is 29.1 Å². The molecule has 2 aromatic rings. The third-order valence-corrected chi connectivity index (χ3v) is 2.87. The van der Waals surface area contributed by atoms with Crippen LogP contribution in [0.15, 0.2) is 24.3 Å². The van der Waals surface area contributed by atoms with Crippen molar-refractivity contribution in [2.75, 3.05) is 18.5 Å². The van der Waals surface area contributed by atoms with Gasteiger partial charge in [-0.3, -0.25) is 4.79 Å². The second kappa shape index (κ2) is 7.17. The topological polar surface area (TPSA) is 64.1 Å². The Hall–Kier alpha value is -1.72. The van der Waals surface area contributed by atoms with Crippen molar-refractivity contribution in [2.24, 2.45) is 0 Å². The molecule has 0 saturated heterocycles. The van der Waals surface area contributed by atoms with Gasteiger partial charge in [0.2, 0.25) is 5.91 Å². The third kappa shape index (κ3) is 3.88. The lowest BCUT2D eigenvalue weighted by molar-refractivity contribution is -0.117. The fourth-order valence-electron chi connectivity index (χ4n) is 1.66. The highest BCUT2D eigenvalue weighted by Crippen LogP contribution is 2.20. The number of aromatic nitrogens is 2. The van der Waals surface area contributed by atoms with Gasteiger partial charge in [0.1, 0.15) is 0 Å². The molecule has 0 aliphatic rings. The zero-order chi connectivity index (χ0) is 14.4. The van der Waals surface area contributed by atoms with E-state index in [4.69, 9.17) is 16.3 Å². The van der Waals surface area contributed by atoms with Gasteiger partial charge in [0.05, 0.1) is 24.1 Å². The number of anilines is 1. The zero-order valence-corrected chi connectivity index (χ0v) is 12.0. The standard InChI is InChI=1S/C14H16ClN3O2/c1-2-8-20-9-7-12(19)18-14-13(15)16-10-5-3-4-6-11(10)17-14/h3-6H,2,7-9H2,1H3,(H,17,18,19). The molecule has 0 radical (unpaired) electrons. The smallest absolute Gasteiger partial charge is 0.227 e. The van der Waals surface area contributed by atoms with Crippen molar-refractivity contribution in [3.63, 3.8) is 0 Å². The van der Waals surface area contributed by atoms with Gasteiger partial charge in [-0.2, -0.15) is 0 Å². The van der Waals surface area contributed by atoms with Crippen molar-refractivity contribution in [3.8, 4) is 0 Å². The highest BCUT2D eigenvalue weighted by molar-refractivity contribution is 6.32. The van der Waals surface area contributed by atoms with Crippen LogP contribution in [0.25, 0.3) is 11.0 Å². The van der Waals surface area contributed by atoms with Gasteiger partial charge in [-0.25, -0.2) is 9.97 Å². The molecular formula is C14H16ClN3O2. The van der Waals surface area contributed by atoms with Gasteiger partial charge >= 0.3 is 0 Å². The van der Waals surface area contributed by atoms with Crippen molar-refractivity contribution in [1.82, 2.24) is 9.97 Å². The molecule has 0 spiro atoms. The van der Waals surface area contributed by atoms with Gasteiger partial charge in [-0.05, 0) is 18.6 Å². The maximum Gasteiger partial charge on any atom is 0.227 e. The summed E-state index contributed by atoms with van der Waals surface area (Å²) in [4.78, 5) is 20.2. The first-order chi connectivity index (χ1) is 9.70. The quantitative estimate of drug-likeness (QED) is 0.832. The summed E-state index contributed by atoms with van der Waals surface area (Å²) in [5.74, 6) is 0.0958. The van der Waals surface area contributed by atoms with E-state index in [0.29, 0.717) is 24.2 Å². The summed E-state index contributed by atoms with van der Waals surface area (Å²) in [5.41, 5.74) is 1.39. The number of hydrogen-bond donors (Lipinski definition) is 1. The summed E-state index contributed by atoms with van der Waals surface area (Å²) in [6, 6.07) is 7.35. The Morgan fingerprint density at radius 3 is 2.65 bits per heavy atom. The maximum atomic E-state index is 11.7. The molecule has 1 N–H and O–H groups in total. The zero-order valence-electron chi connectivity index (χ0n) is 11.2. The lowest BCUT2D eigenvalue weighted by Crippen LogP contribution is -2.16. The Morgan fingerprint density at radius 2 is 1.95 bits per heavy atom. The molecule has 2 rings (SSSR count). The van der Waals surface area contributed by atoms with Gasteiger partial charge < -0.3 is 10.1 Å². The molecule has 0 aliphatic carbocycles. The van der Waals surface area contributed by atoms with E-state index in [1.165, 1.54) is 0 Å². The number of nitrogens with one attached hydrogen (secondary N) is 1. The molecule has 0 aliphatic heterocycles. The molecular weight excluding hydrogens is 278 g/mol. The number of nitrogens with zero attached hydrogens (tertiary/aromatic N) is 2. The number of carbonyl (C=O) groups is 1. The van der Waals surface area contributed by atoms with E-state index in [9.17, 15) is 4.79 Å². The largest absolute Gasteiger partial charge is 0.381 e. The van der Waals surface area contributed by atoms with Gasteiger partial charge in [-0.1, -0.05) is 30.7 Å². The molecule has 0 unspecified atom stereocenters. The molecule has 1 amide bonds. The number of ether oxygens (including phenoxy) is 1. The highest BCUT2D eigenvalue weighted by Gasteiger charge is 2.10. The second-order valence-electron chi connectivity index (χ2n) is 4.26. The number of halogens is 1. The van der Waals surface area contributed by atoms with Crippen LogP contribution in [0.5, 0.6) is 0 Å². The fraction of sp³-hybridized carbons (Fsp3) is 0.357. The molecule has 1 heterocycles. The van der Waals surface area contributed by atoms with Crippen molar-refractivity contribution < 1.29 is 9.53 Å². The number of benzene rings is 1. The minimum absolute atomic E-state index is 0.187. The van der Waals surface area contributed by atoms with Gasteiger partial charge in [0.15, 0.2) is 11.0 Å². The third-order valence-electron chi connectivity index (χ3n) is 2.61. The number of fused-ring (bicyclic) bond motifs is 1. The average molecular weight is 294 g/mol. The number of rotatable bonds is 6. The minimum Gasteiger partial charge on any atom is -0.381 e. The van der Waals surface area contributed by atoms with Crippen molar-refractivity contribution in [2.45, 2.75) is 19.8 Å². The first kappa shape index (κ1) is 14.7. The molecule has 20 heavy (non-hydrogen) atoms. The predicted octanol–water partition coefficient (Wildman–Crippen LogP) is 3.04. The lowest BCUT2D eigenvalue weighted by Gasteiger charge is -2.07. The first-order valence-corrected chi connectivity index (χ1v) is 6.88. The predicted molar refractivity (Wildman–Crippen MR) is 78.9 cm³/mol. The summed E-state index contributed by atoms with van der Waals surface area (Å²) in [5, 5.41) is 2.84. The second-order valence-corrected chi connectivity index (χ2v) is 4.62. The molecule has 5 nitrogen and oxygen atoms in total. The van der Waals surface area contributed by atoms with E-state index in [0.717, 1.165) is 6.42 Å². The Kier molecular flexibility index (Phi) is 5.26. The first-order valence-electron chi connectivity index (χ1n) is 6.50. The Labute approximate surface area is 122 Å². The summed E-state index contributed by atoms with van der Waals surface area (Å²) in [6.07, 6.45) is 1.20. The number of para-hydroxylation sites is 2. The van der Waals surface area contributed by atoms with Gasteiger partial charge in [0, 0.05) is 6.61 Å².